The van der Waals surface area contributed by atoms with E-state index >= 15 is 0 Å². The lowest BCUT2D eigenvalue weighted by atomic mass is 10.2. The van der Waals surface area contributed by atoms with Gasteiger partial charge in [0.1, 0.15) is 0 Å². The van der Waals surface area contributed by atoms with Crippen molar-refractivity contribution in [3.05, 3.63) is 0 Å². The summed E-state index contributed by atoms with van der Waals surface area (Å²) in [6, 6.07) is 0. The van der Waals surface area contributed by atoms with Gasteiger partial charge in [-0.05, 0) is 13.8 Å². The van der Waals surface area contributed by atoms with E-state index in [0.29, 0.717) is 12.2 Å². The van der Waals surface area contributed by atoms with Gasteiger partial charge >= 0.3 is 0 Å². The molecule has 0 aromatic carbocycles. The first kappa shape index (κ1) is 7.03. The number of methoxy groups -OCH3 is 1. The van der Waals surface area contributed by atoms with E-state index in [2.05, 4.69) is 13.8 Å². The van der Waals surface area contributed by atoms with Crippen molar-refractivity contribution >= 4 is 0 Å². The minimum atomic E-state index is 0.282. The van der Waals surface area contributed by atoms with E-state index in [9.17, 15) is 0 Å². The van der Waals surface area contributed by atoms with Crippen molar-refractivity contribution in [1.82, 2.24) is 0 Å². The Morgan fingerprint density at radius 2 is 2.11 bits per heavy atom. The van der Waals surface area contributed by atoms with E-state index in [1.54, 1.807) is 7.11 Å². The molecule has 1 aliphatic rings. The highest BCUT2D eigenvalue weighted by Gasteiger charge is 2.28. The molecule has 0 spiro atoms. The summed E-state index contributed by atoms with van der Waals surface area (Å²) in [6.07, 6.45) is 2.02. The highest BCUT2D eigenvalue weighted by Crippen LogP contribution is 2.21. The second-order valence-corrected chi connectivity index (χ2v) is 2.66. The molecule has 0 aliphatic carbocycles. The number of hydrogen-bond donors (Lipinski definition) is 0. The number of rotatable bonds is 1. The van der Waals surface area contributed by atoms with Crippen LogP contribution in [0, 0.1) is 0 Å². The monoisotopic (exact) mass is 130 g/mol. The SMILES string of the molecule is COC1CC(C)OC1C. The molecule has 0 aromatic heterocycles. The van der Waals surface area contributed by atoms with Crippen molar-refractivity contribution in [3.8, 4) is 0 Å². The third kappa shape index (κ3) is 1.43. The molecule has 0 aromatic rings. The van der Waals surface area contributed by atoms with Gasteiger partial charge in [0.05, 0.1) is 18.3 Å². The van der Waals surface area contributed by atoms with Crippen molar-refractivity contribution in [2.45, 2.75) is 38.6 Å². The molecule has 3 atom stereocenters. The van der Waals surface area contributed by atoms with Crippen molar-refractivity contribution in [2.75, 3.05) is 7.11 Å². The van der Waals surface area contributed by atoms with Gasteiger partial charge in [0.25, 0.3) is 0 Å². The fraction of sp³-hybridized carbons (Fsp3) is 1.00. The van der Waals surface area contributed by atoms with Gasteiger partial charge in [0.15, 0.2) is 0 Å². The standard InChI is InChI=1S/C7H14O2/c1-5-4-7(8-3)6(2)9-5/h5-7H,4H2,1-3H3. The third-order valence-corrected chi connectivity index (χ3v) is 1.84. The van der Waals surface area contributed by atoms with Gasteiger partial charge in [-0.25, -0.2) is 0 Å². The number of hydrogen-bond acceptors (Lipinski definition) is 2. The Morgan fingerprint density at radius 1 is 1.44 bits per heavy atom. The molecule has 0 saturated carbocycles. The fourth-order valence-electron chi connectivity index (χ4n) is 1.32. The second kappa shape index (κ2) is 2.67. The molecule has 2 nitrogen and oxygen atoms in total. The first-order valence-corrected chi connectivity index (χ1v) is 3.42. The van der Waals surface area contributed by atoms with Crippen LogP contribution in [-0.2, 0) is 9.47 Å². The average Bonchev–Trinajstić information content (AvgIpc) is 2.10. The normalized spacial score (nSPS) is 43.7. The highest BCUT2D eigenvalue weighted by atomic mass is 16.6. The minimum Gasteiger partial charge on any atom is -0.379 e. The Hall–Kier alpha value is -0.0800. The topological polar surface area (TPSA) is 18.5 Å². The van der Waals surface area contributed by atoms with E-state index in [-0.39, 0.29) is 6.10 Å². The molecule has 0 N–H and O–H groups in total. The van der Waals surface area contributed by atoms with Crippen molar-refractivity contribution in [2.24, 2.45) is 0 Å². The second-order valence-electron chi connectivity index (χ2n) is 2.66. The fourth-order valence-corrected chi connectivity index (χ4v) is 1.32. The van der Waals surface area contributed by atoms with Crippen LogP contribution < -0.4 is 0 Å². The lowest BCUT2D eigenvalue weighted by Gasteiger charge is -2.10. The molecule has 3 unspecified atom stereocenters. The summed E-state index contributed by atoms with van der Waals surface area (Å²) < 4.78 is 10.6. The third-order valence-electron chi connectivity index (χ3n) is 1.84. The molecule has 0 radical (unpaired) electrons. The van der Waals surface area contributed by atoms with E-state index in [1.165, 1.54) is 0 Å². The summed E-state index contributed by atoms with van der Waals surface area (Å²) in [5.74, 6) is 0. The summed E-state index contributed by atoms with van der Waals surface area (Å²) in [5, 5.41) is 0. The molecule has 0 bridgehead atoms. The van der Waals surface area contributed by atoms with Crippen LogP contribution in [0.2, 0.25) is 0 Å². The van der Waals surface area contributed by atoms with E-state index in [4.69, 9.17) is 9.47 Å². The Morgan fingerprint density at radius 3 is 2.33 bits per heavy atom. The van der Waals surface area contributed by atoms with Gasteiger partial charge < -0.3 is 9.47 Å². The van der Waals surface area contributed by atoms with Crippen LogP contribution >= 0.6 is 0 Å². The molecule has 1 fully saturated rings. The maximum Gasteiger partial charge on any atom is 0.0854 e. The zero-order valence-electron chi connectivity index (χ0n) is 6.26. The van der Waals surface area contributed by atoms with E-state index in [0.717, 1.165) is 6.42 Å². The number of ether oxygens (including phenoxy) is 2. The average molecular weight is 130 g/mol. The predicted molar refractivity (Wildman–Crippen MR) is 35.4 cm³/mol. The molecular weight excluding hydrogens is 116 g/mol. The molecule has 9 heavy (non-hydrogen) atoms. The summed E-state index contributed by atoms with van der Waals surface area (Å²) >= 11 is 0. The minimum absolute atomic E-state index is 0.282. The quantitative estimate of drug-likeness (QED) is 0.531. The Balaban J connectivity index is 2.38. The summed E-state index contributed by atoms with van der Waals surface area (Å²) in [7, 11) is 1.74. The largest absolute Gasteiger partial charge is 0.379 e. The van der Waals surface area contributed by atoms with Crippen LogP contribution in [0.4, 0.5) is 0 Å². The maximum atomic E-state index is 5.44. The molecule has 1 saturated heterocycles. The van der Waals surface area contributed by atoms with Crippen LogP contribution in [0.25, 0.3) is 0 Å². The molecule has 54 valence electrons. The summed E-state index contributed by atoms with van der Waals surface area (Å²) in [5.41, 5.74) is 0. The zero-order valence-corrected chi connectivity index (χ0v) is 6.26. The van der Waals surface area contributed by atoms with E-state index < -0.39 is 0 Å². The smallest absolute Gasteiger partial charge is 0.0854 e. The van der Waals surface area contributed by atoms with Crippen molar-refractivity contribution in [3.63, 3.8) is 0 Å². The lowest BCUT2D eigenvalue weighted by molar-refractivity contribution is 0.0103. The van der Waals surface area contributed by atoms with Gasteiger partial charge in [0.2, 0.25) is 0 Å². The summed E-state index contributed by atoms with van der Waals surface area (Å²) in [6.45, 7) is 4.13. The first-order valence-electron chi connectivity index (χ1n) is 3.42. The van der Waals surface area contributed by atoms with E-state index in [1.807, 2.05) is 0 Å². The predicted octanol–water partition coefficient (Wildman–Crippen LogP) is 1.20. The van der Waals surface area contributed by atoms with Crippen LogP contribution in [-0.4, -0.2) is 25.4 Å². The van der Waals surface area contributed by atoms with Crippen LogP contribution in [0.15, 0.2) is 0 Å². The maximum absolute atomic E-state index is 5.44. The van der Waals surface area contributed by atoms with Gasteiger partial charge in [-0.1, -0.05) is 0 Å². The van der Waals surface area contributed by atoms with Crippen LogP contribution in [0.5, 0.6) is 0 Å². The molecule has 0 amide bonds. The lowest BCUT2D eigenvalue weighted by Crippen LogP contribution is -2.18. The van der Waals surface area contributed by atoms with Gasteiger partial charge in [-0.2, -0.15) is 0 Å². The van der Waals surface area contributed by atoms with Crippen molar-refractivity contribution < 1.29 is 9.47 Å². The van der Waals surface area contributed by atoms with Crippen LogP contribution in [0.3, 0.4) is 0 Å². The highest BCUT2D eigenvalue weighted by molar-refractivity contribution is 4.77. The first-order chi connectivity index (χ1) is 4.24. The molecule has 1 heterocycles. The Kier molecular flexibility index (Phi) is 2.09. The zero-order chi connectivity index (χ0) is 6.85. The molecule has 1 rings (SSSR count). The Bertz CT molecular complexity index is 92.9. The molecular formula is C7H14O2. The van der Waals surface area contributed by atoms with Crippen LogP contribution in [0.1, 0.15) is 20.3 Å². The van der Waals surface area contributed by atoms with Gasteiger partial charge in [0, 0.05) is 13.5 Å². The Labute approximate surface area is 56.2 Å². The van der Waals surface area contributed by atoms with Crippen molar-refractivity contribution in [1.29, 1.82) is 0 Å². The van der Waals surface area contributed by atoms with Gasteiger partial charge in [-0.15, -0.1) is 0 Å². The molecule has 1 aliphatic heterocycles. The molecule has 2 heteroatoms. The summed E-state index contributed by atoms with van der Waals surface area (Å²) in [4.78, 5) is 0. The van der Waals surface area contributed by atoms with Gasteiger partial charge in [-0.3, -0.25) is 0 Å².